The summed E-state index contributed by atoms with van der Waals surface area (Å²) < 4.78 is 36.9. The number of nitrogens with one attached hydrogen (secondary N) is 1. The molecule has 2 rings (SSSR count). The largest absolute Gasteiger partial charge is 0.477 e. The van der Waals surface area contributed by atoms with Gasteiger partial charge >= 0.3 is 18.1 Å². The van der Waals surface area contributed by atoms with Crippen LogP contribution in [0.5, 0.6) is 0 Å². The molecule has 0 bridgehead atoms. The Morgan fingerprint density at radius 1 is 1.25 bits per heavy atom. The van der Waals surface area contributed by atoms with Crippen molar-refractivity contribution in [2.24, 2.45) is 0 Å². The highest BCUT2D eigenvalue weighted by molar-refractivity contribution is 7.18. The maximum absolute atomic E-state index is 12.3. The molecule has 1 heterocycles. The van der Waals surface area contributed by atoms with Gasteiger partial charge in [0.15, 0.2) is 0 Å². The van der Waals surface area contributed by atoms with Crippen LogP contribution < -0.4 is 5.32 Å². The quantitative estimate of drug-likeness (QED) is 0.640. The number of amides is 1. The van der Waals surface area contributed by atoms with Gasteiger partial charge < -0.3 is 10.4 Å². The summed E-state index contributed by atoms with van der Waals surface area (Å²) in [6, 6.07) is 6.16. The smallest absolute Gasteiger partial charge is 0.471 e. The van der Waals surface area contributed by atoms with Crippen LogP contribution in [-0.2, 0) is 4.79 Å². The third kappa shape index (κ3) is 3.68. The number of carboxylic acids is 1. The molecule has 0 saturated carbocycles. The lowest BCUT2D eigenvalue weighted by atomic mass is 10.1. The van der Waals surface area contributed by atoms with E-state index in [9.17, 15) is 32.9 Å². The normalized spacial score (nSPS) is 11.1. The van der Waals surface area contributed by atoms with E-state index >= 15 is 0 Å². The number of non-ortho nitro benzene ring substituents is 1. The van der Waals surface area contributed by atoms with Crippen LogP contribution in [0.15, 0.2) is 30.3 Å². The van der Waals surface area contributed by atoms with Gasteiger partial charge in [-0.05, 0) is 11.6 Å². The molecule has 7 nitrogen and oxygen atoms in total. The molecule has 0 saturated heterocycles. The third-order valence-corrected chi connectivity index (χ3v) is 3.95. The van der Waals surface area contributed by atoms with Crippen LogP contribution in [0.2, 0.25) is 0 Å². The Balaban J connectivity index is 2.45. The highest BCUT2D eigenvalue weighted by Gasteiger charge is 2.39. The maximum Gasteiger partial charge on any atom is 0.471 e. The highest BCUT2D eigenvalue weighted by Crippen LogP contribution is 2.36. The zero-order chi connectivity index (χ0) is 18.1. The van der Waals surface area contributed by atoms with Crippen molar-refractivity contribution in [3.63, 3.8) is 0 Å². The Labute approximate surface area is 135 Å². The predicted octanol–water partition coefficient (Wildman–Crippen LogP) is 3.52. The highest BCUT2D eigenvalue weighted by atomic mass is 32.1. The van der Waals surface area contributed by atoms with E-state index < -0.39 is 33.5 Å². The van der Waals surface area contributed by atoms with Crippen LogP contribution in [0.1, 0.15) is 9.67 Å². The molecule has 2 N–H and O–H groups in total. The van der Waals surface area contributed by atoms with Gasteiger partial charge in [-0.25, -0.2) is 4.79 Å². The molecule has 126 valence electrons. The van der Waals surface area contributed by atoms with Gasteiger partial charge in [-0.3, -0.25) is 14.9 Å². The first-order valence-electron chi connectivity index (χ1n) is 6.09. The maximum atomic E-state index is 12.3. The second-order valence-electron chi connectivity index (χ2n) is 4.42. The molecule has 0 aliphatic heterocycles. The van der Waals surface area contributed by atoms with E-state index in [-0.39, 0.29) is 16.1 Å². The zero-order valence-corrected chi connectivity index (χ0v) is 12.3. The van der Waals surface area contributed by atoms with E-state index in [1.807, 2.05) is 0 Å². The number of aromatic carboxylic acids is 1. The monoisotopic (exact) mass is 360 g/mol. The fraction of sp³-hybridized carbons (Fsp3) is 0.0769. The van der Waals surface area contributed by atoms with E-state index in [0.717, 1.165) is 12.1 Å². The molecular weight excluding hydrogens is 353 g/mol. The van der Waals surface area contributed by atoms with Crippen molar-refractivity contribution < 1.29 is 32.8 Å². The fourth-order valence-corrected chi connectivity index (χ4v) is 2.70. The van der Waals surface area contributed by atoms with Gasteiger partial charge in [0, 0.05) is 17.0 Å². The number of hydrogen-bond acceptors (Lipinski definition) is 5. The SMILES string of the molecule is O=C(O)c1sc(-c2cccc([N+](=O)[O-])c2)cc1NC(=O)C(F)(F)F. The van der Waals surface area contributed by atoms with E-state index in [0.29, 0.717) is 11.3 Å². The summed E-state index contributed by atoms with van der Waals surface area (Å²) in [6.45, 7) is 0. The van der Waals surface area contributed by atoms with Crippen molar-refractivity contribution in [1.29, 1.82) is 0 Å². The van der Waals surface area contributed by atoms with Gasteiger partial charge in [-0.2, -0.15) is 13.2 Å². The van der Waals surface area contributed by atoms with Gasteiger partial charge in [-0.15, -0.1) is 11.3 Å². The van der Waals surface area contributed by atoms with Gasteiger partial charge in [0.1, 0.15) is 4.88 Å². The number of rotatable bonds is 4. The predicted molar refractivity (Wildman–Crippen MR) is 78.1 cm³/mol. The summed E-state index contributed by atoms with van der Waals surface area (Å²) in [5.41, 5.74) is -0.556. The minimum absolute atomic E-state index is 0.161. The Morgan fingerprint density at radius 3 is 2.46 bits per heavy atom. The molecule has 0 radical (unpaired) electrons. The van der Waals surface area contributed by atoms with Crippen molar-refractivity contribution in [3.05, 3.63) is 45.3 Å². The molecule has 1 aromatic heterocycles. The van der Waals surface area contributed by atoms with Gasteiger partial charge in [0.2, 0.25) is 0 Å². The Bertz CT molecular complexity index is 831. The van der Waals surface area contributed by atoms with Crippen LogP contribution in [0.3, 0.4) is 0 Å². The number of carbonyl (C=O) groups excluding carboxylic acids is 1. The molecule has 0 spiro atoms. The van der Waals surface area contributed by atoms with E-state index in [2.05, 4.69) is 0 Å². The molecule has 0 atom stereocenters. The van der Waals surface area contributed by atoms with Crippen LogP contribution >= 0.6 is 11.3 Å². The molecule has 0 aliphatic carbocycles. The van der Waals surface area contributed by atoms with Crippen molar-refractivity contribution in [2.45, 2.75) is 6.18 Å². The average Bonchev–Trinajstić information content (AvgIpc) is 2.90. The summed E-state index contributed by atoms with van der Waals surface area (Å²) in [7, 11) is 0. The number of halogens is 3. The zero-order valence-electron chi connectivity index (χ0n) is 11.5. The molecule has 11 heteroatoms. The number of nitro benzene ring substituents is 1. The number of nitro groups is 1. The molecule has 0 unspecified atom stereocenters. The number of carboxylic acid groups (broad SMARTS) is 1. The van der Waals surface area contributed by atoms with Crippen molar-refractivity contribution in [2.75, 3.05) is 5.32 Å². The summed E-state index contributed by atoms with van der Waals surface area (Å²) >= 11 is 0.590. The molecule has 24 heavy (non-hydrogen) atoms. The van der Waals surface area contributed by atoms with Crippen molar-refractivity contribution in [3.8, 4) is 10.4 Å². The van der Waals surface area contributed by atoms with E-state index in [4.69, 9.17) is 5.11 Å². The van der Waals surface area contributed by atoms with Crippen LogP contribution in [-0.4, -0.2) is 28.1 Å². The Hall–Kier alpha value is -2.95. The Kier molecular flexibility index (Phi) is 4.55. The standard InChI is InChI=1S/C13H7F3N2O5S/c14-13(15,16)12(21)17-8-5-9(24-10(8)11(19)20)6-2-1-3-7(4-6)18(22)23/h1-5H,(H,17,21)(H,19,20). The fourth-order valence-electron chi connectivity index (χ4n) is 1.75. The van der Waals surface area contributed by atoms with Gasteiger partial charge in [-0.1, -0.05) is 12.1 Å². The first-order chi connectivity index (χ1) is 11.1. The molecule has 1 amide bonds. The van der Waals surface area contributed by atoms with Crippen LogP contribution in [0, 0.1) is 10.1 Å². The summed E-state index contributed by atoms with van der Waals surface area (Å²) in [5.74, 6) is -3.84. The van der Waals surface area contributed by atoms with Crippen LogP contribution in [0.4, 0.5) is 24.5 Å². The number of benzene rings is 1. The topological polar surface area (TPSA) is 110 Å². The minimum Gasteiger partial charge on any atom is -0.477 e. The second kappa shape index (κ2) is 6.28. The number of anilines is 1. The summed E-state index contributed by atoms with van der Waals surface area (Å²) in [4.78, 5) is 31.9. The lowest BCUT2D eigenvalue weighted by Crippen LogP contribution is -2.30. The van der Waals surface area contributed by atoms with Crippen molar-refractivity contribution in [1.82, 2.24) is 0 Å². The van der Waals surface area contributed by atoms with Crippen LogP contribution in [0.25, 0.3) is 10.4 Å². The summed E-state index contributed by atoms with van der Waals surface area (Å²) in [5, 5.41) is 21.3. The number of thiophene rings is 1. The minimum atomic E-state index is -5.18. The first kappa shape index (κ1) is 17.4. The van der Waals surface area contributed by atoms with Gasteiger partial charge in [0.25, 0.3) is 5.69 Å². The Morgan fingerprint density at radius 2 is 1.92 bits per heavy atom. The van der Waals surface area contributed by atoms with Crippen molar-refractivity contribution >= 4 is 34.6 Å². The molecule has 0 aliphatic rings. The third-order valence-electron chi connectivity index (χ3n) is 2.77. The molecule has 0 fully saturated rings. The molecule has 2 aromatic rings. The lowest BCUT2D eigenvalue weighted by molar-refractivity contribution is -0.384. The summed E-state index contributed by atoms with van der Waals surface area (Å²) in [6.07, 6.45) is -5.18. The number of carbonyl (C=O) groups is 2. The second-order valence-corrected chi connectivity index (χ2v) is 5.47. The number of nitrogens with zero attached hydrogens (tertiary/aromatic N) is 1. The van der Waals surface area contributed by atoms with E-state index in [1.54, 1.807) is 0 Å². The molecular formula is C13H7F3N2O5S. The first-order valence-corrected chi connectivity index (χ1v) is 6.91. The average molecular weight is 360 g/mol. The van der Waals surface area contributed by atoms with E-state index in [1.165, 1.54) is 23.5 Å². The lowest BCUT2D eigenvalue weighted by Gasteiger charge is -2.06. The van der Waals surface area contributed by atoms with Gasteiger partial charge in [0.05, 0.1) is 10.6 Å². The number of alkyl halides is 3. The number of hydrogen-bond donors (Lipinski definition) is 2. The molecule has 1 aromatic carbocycles.